The lowest BCUT2D eigenvalue weighted by atomic mass is 10.2. The van der Waals surface area contributed by atoms with E-state index in [1.54, 1.807) is 12.1 Å². The first-order valence-corrected chi connectivity index (χ1v) is 9.79. The zero-order chi connectivity index (χ0) is 15.0. The molecule has 1 heterocycles. The molecule has 0 bridgehead atoms. The van der Waals surface area contributed by atoms with Crippen molar-refractivity contribution in [2.75, 3.05) is 0 Å². The molecule has 20 heavy (non-hydrogen) atoms. The van der Waals surface area contributed by atoms with Crippen LogP contribution in [0.2, 0.25) is 0 Å². The van der Waals surface area contributed by atoms with E-state index in [2.05, 4.69) is 5.10 Å². The average molecular weight is 355 g/mol. The van der Waals surface area contributed by atoms with Gasteiger partial charge < -0.3 is 0 Å². The minimum Gasteiger partial charge on any atom is -0.267 e. The van der Waals surface area contributed by atoms with Crippen LogP contribution in [-0.2, 0) is 24.6 Å². The van der Waals surface area contributed by atoms with E-state index in [1.165, 1.54) is 23.0 Å². The van der Waals surface area contributed by atoms with Crippen molar-refractivity contribution in [3.8, 4) is 0 Å². The number of hydrogen-bond donors (Lipinski definition) is 0. The van der Waals surface area contributed by atoms with E-state index in [4.69, 9.17) is 21.4 Å². The topological polar surface area (TPSA) is 86.1 Å². The van der Waals surface area contributed by atoms with Crippen LogP contribution >= 0.6 is 21.4 Å². The van der Waals surface area contributed by atoms with Gasteiger partial charge in [-0.3, -0.25) is 4.68 Å². The highest BCUT2D eigenvalue weighted by Crippen LogP contribution is 2.17. The molecule has 0 aliphatic rings. The van der Waals surface area contributed by atoms with Crippen LogP contribution in [0.3, 0.4) is 0 Å². The van der Waals surface area contributed by atoms with Crippen molar-refractivity contribution in [3.63, 3.8) is 0 Å². The Morgan fingerprint density at radius 1 is 0.950 bits per heavy atom. The third kappa shape index (κ3) is 3.72. The smallest absolute Gasteiger partial charge is 0.264 e. The average Bonchev–Trinajstić information content (AvgIpc) is 2.77. The lowest BCUT2D eigenvalue weighted by Crippen LogP contribution is -2.00. The van der Waals surface area contributed by atoms with E-state index in [1.807, 2.05) is 0 Å². The Balaban J connectivity index is 2.21. The van der Waals surface area contributed by atoms with Gasteiger partial charge in [-0.1, -0.05) is 12.1 Å². The summed E-state index contributed by atoms with van der Waals surface area (Å²) in [5.74, 6) is 0. The first-order chi connectivity index (χ1) is 9.16. The van der Waals surface area contributed by atoms with Gasteiger partial charge in [-0.15, -0.1) is 0 Å². The summed E-state index contributed by atoms with van der Waals surface area (Å²) >= 11 is 0. The SMILES string of the molecule is O=S(=O)(Cl)c1ccc(Cn2cc(S(=O)(=O)Cl)cn2)cc1. The molecular formula is C10H8Cl2N2O4S2. The van der Waals surface area contributed by atoms with E-state index in [-0.39, 0.29) is 16.3 Å². The Morgan fingerprint density at radius 3 is 1.95 bits per heavy atom. The van der Waals surface area contributed by atoms with E-state index in [0.717, 1.165) is 11.8 Å². The van der Waals surface area contributed by atoms with Gasteiger partial charge >= 0.3 is 0 Å². The summed E-state index contributed by atoms with van der Waals surface area (Å²) in [5, 5.41) is 3.86. The van der Waals surface area contributed by atoms with Gasteiger partial charge in [-0.25, -0.2) is 16.8 Å². The van der Waals surface area contributed by atoms with Crippen LogP contribution in [0, 0.1) is 0 Å². The molecule has 2 rings (SSSR count). The van der Waals surface area contributed by atoms with Gasteiger partial charge in [0.15, 0.2) is 0 Å². The second kappa shape index (κ2) is 5.36. The van der Waals surface area contributed by atoms with Crippen LogP contribution in [0.1, 0.15) is 5.56 Å². The fraction of sp³-hybridized carbons (Fsp3) is 0.100. The van der Waals surface area contributed by atoms with Crippen LogP contribution in [0.15, 0.2) is 46.5 Å². The lowest BCUT2D eigenvalue weighted by molar-refractivity contribution is 0.607. The van der Waals surface area contributed by atoms with Gasteiger partial charge in [0.2, 0.25) is 0 Å². The lowest BCUT2D eigenvalue weighted by Gasteiger charge is -2.02. The number of nitrogens with zero attached hydrogens (tertiary/aromatic N) is 2. The number of halogens is 2. The molecule has 0 fully saturated rings. The summed E-state index contributed by atoms with van der Waals surface area (Å²) in [6.45, 7) is 0.273. The largest absolute Gasteiger partial charge is 0.267 e. The molecule has 0 atom stereocenters. The number of aromatic nitrogens is 2. The van der Waals surface area contributed by atoms with Gasteiger partial charge in [0.05, 0.1) is 17.6 Å². The first-order valence-electron chi connectivity index (χ1n) is 5.17. The molecule has 0 amide bonds. The van der Waals surface area contributed by atoms with Crippen LogP contribution in [-0.4, -0.2) is 26.6 Å². The van der Waals surface area contributed by atoms with Crippen LogP contribution in [0.5, 0.6) is 0 Å². The third-order valence-electron chi connectivity index (χ3n) is 2.44. The second-order valence-electron chi connectivity index (χ2n) is 3.89. The van der Waals surface area contributed by atoms with Crippen LogP contribution in [0.25, 0.3) is 0 Å². The molecule has 0 unspecified atom stereocenters. The van der Waals surface area contributed by atoms with Crippen molar-refractivity contribution in [1.82, 2.24) is 9.78 Å². The Kier molecular flexibility index (Phi) is 4.10. The normalized spacial score (nSPS) is 12.5. The Labute approximate surface area is 124 Å². The summed E-state index contributed by atoms with van der Waals surface area (Å²) in [4.78, 5) is -0.105. The summed E-state index contributed by atoms with van der Waals surface area (Å²) < 4.78 is 45.7. The van der Waals surface area contributed by atoms with E-state index in [0.29, 0.717) is 0 Å². The van der Waals surface area contributed by atoms with Gasteiger partial charge in [-0.2, -0.15) is 5.10 Å². The van der Waals surface area contributed by atoms with Crippen molar-refractivity contribution >= 4 is 39.5 Å². The maximum Gasteiger partial charge on any atom is 0.264 e. The minimum atomic E-state index is -3.81. The number of rotatable bonds is 4. The standard InChI is InChI=1S/C10H8Cl2N2O4S2/c11-19(15,16)9-3-1-8(2-4-9)6-14-7-10(5-13-14)20(12,17)18/h1-5,7H,6H2. The molecule has 108 valence electrons. The van der Waals surface area contributed by atoms with Crippen molar-refractivity contribution in [3.05, 3.63) is 42.2 Å². The number of benzene rings is 1. The van der Waals surface area contributed by atoms with Crippen molar-refractivity contribution < 1.29 is 16.8 Å². The fourth-order valence-corrected chi connectivity index (χ4v) is 2.93. The molecule has 0 aliphatic carbocycles. The molecule has 1 aromatic carbocycles. The first kappa shape index (κ1) is 15.3. The van der Waals surface area contributed by atoms with E-state index >= 15 is 0 Å². The second-order valence-corrected chi connectivity index (χ2v) is 9.03. The van der Waals surface area contributed by atoms with Crippen molar-refractivity contribution in [2.45, 2.75) is 16.3 Å². The maximum atomic E-state index is 11.1. The predicted molar refractivity (Wildman–Crippen MR) is 73.8 cm³/mol. The van der Waals surface area contributed by atoms with Gasteiger partial charge in [0.25, 0.3) is 18.1 Å². The highest BCUT2D eigenvalue weighted by molar-refractivity contribution is 8.14. The Morgan fingerprint density at radius 2 is 1.50 bits per heavy atom. The monoisotopic (exact) mass is 354 g/mol. The summed E-state index contributed by atoms with van der Waals surface area (Å²) in [5.41, 5.74) is 0.732. The number of hydrogen-bond acceptors (Lipinski definition) is 5. The van der Waals surface area contributed by atoms with E-state index in [9.17, 15) is 16.8 Å². The summed E-state index contributed by atoms with van der Waals surface area (Å²) in [6, 6.07) is 5.85. The molecule has 1 aromatic heterocycles. The zero-order valence-corrected chi connectivity index (χ0v) is 12.9. The molecule has 0 aliphatic heterocycles. The highest BCUT2D eigenvalue weighted by atomic mass is 35.7. The summed E-state index contributed by atoms with van der Waals surface area (Å²) in [7, 11) is 2.82. The van der Waals surface area contributed by atoms with Crippen LogP contribution in [0.4, 0.5) is 0 Å². The molecule has 0 radical (unpaired) electrons. The Bertz CT molecular complexity index is 826. The van der Waals surface area contributed by atoms with E-state index < -0.39 is 18.1 Å². The van der Waals surface area contributed by atoms with Crippen molar-refractivity contribution in [2.24, 2.45) is 0 Å². The zero-order valence-electron chi connectivity index (χ0n) is 9.77. The van der Waals surface area contributed by atoms with Gasteiger partial charge in [-0.05, 0) is 17.7 Å². The summed E-state index contributed by atoms with van der Waals surface area (Å²) in [6.07, 6.45) is 2.43. The fourth-order valence-electron chi connectivity index (χ4n) is 1.50. The molecule has 0 saturated heterocycles. The molecule has 6 nitrogen and oxygen atoms in total. The molecule has 10 heteroatoms. The molecule has 0 spiro atoms. The molecular weight excluding hydrogens is 347 g/mol. The Hall–Kier alpha value is -1.09. The van der Waals surface area contributed by atoms with Gasteiger partial charge in [0.1, 0.15) is 4.90 Å². The predicted octanol–water partition coefficient (Wildman–Crippen LogP) is 1.79. The van der Waals surface area contributed by atoms with Crippen LogP contribution < -0.4 is 0 Å². The third-order valence-corrected chi connectivity index (χ3v) is 5.12. The molecule has 0 saturated carbocycles. The molecule has 2 aromatic rings. The maximum absolute atomic E-state index is 11.1. The highest BCUT2D eigenvalue weighted by Gasteiger charge is 2.13. The van der Waals surface area contributed by atoms with Gasteiger partial charge in [0, 0.05) is 27.6 Å². The minimum absolute atomic E-state index is 0.00703. The van der Waals surface area contributed by atoms with Crippen molar-refractivity contribution in [1.29, 1.82) is 0 Å². The quantitative estimate of drug-likeness (QED) is 0.781. The molecule has 0 N–H and O–H groups in total.